The van der Waals surface area contributed by atoms with Crippen molar-refractivity contribution < 1.29 is 9.90 Å². The van der Waals surface area contributed by atoms with Crippen molar-refractivity contribution in [2.24, 2.45) is 5.92 Å². The van der Waals surface area contributed by atoms with Crippen molar-refractivity contribution in [3.8, 4) is 0 Å². The molecule has 1 rings (SSSR count). The van der Waals surface area contributed by atoms with Crippen LogP contribution in [0.4, 0.5) is 0 Å². The standard InChI is InChI=1S/C12H24N2O2/c1-4-13-10(3)7-12(16)14-6-5-9(2)11(14)8-15/h9-11,13,15H,4-8H2,1-3H3. The number of aliphatic hydroxyl groups is 1. The smallest absolute Gasteiger partial charge is 0.224 e. The van der Waals surface area contributed by atoms with Crippen LogP contribution in [0.1, 0.15) is 33.6 Å². The van der Waals surface area contributed by atoms with E-state index < -0.39 is 0 Å². The van der Waals surface area contributed by atoms with Crippen LogP contribution in [-0.4, -0.2) is 47.7 Å². The predicted octanol–water partition coefficient (Wildman–Crippen LogP) is 0.604. The van der Waals surface area contributed by atoms with E-state index in [4.69, 9.17) is 0 Å². The van der Waals surface area contributed by atoms with Crippen molar-refractivity contribution in [3.05, 3.63) is 0 Å². The van der Waals surface area contributed by atoms with Crippen molar-refractivity contribution >= 4 is 5.91 Å². The molecule has 0 spiro atoms. The van der Waals surface area contributed by atoms with Gasteiger partial charge in [0.05, 0.1) is 12.6 Å². The molecule has 94 valence electrons. The Morgan fingerprint density at radius 3 is 2.88 bits per heavy atom. The third-order valence-electron chi connectivity index (χ3n) is 3.42. The maximum atomic E-state index is 12.0. The van der Waals surface area contributed by atoms with E-state index in [0.717, 1.165) is 19.5 Å². The maximum absolute atomic E-state index is 12.0. The summed E-state index contributed by atoms with van der Waals surface area (Å²) in [7, 11) is 0. The molecule has 0 saturated carbocycles. The highest BCUT2D eigenvalue weighted by Crippen LogP contribution is 2.24. The number of carbonyl (C=O) groups is 1. The van der Waals surface area contributed by atoms with Crippen molar-refractivity contribution in [1.29, 1.82) is 0 Å². The van der Waals surface area contributed by atoms with Crippen LogP contribution in [0.3, 0.4) is 0 Å². The van der Waals surface area contributed by atoms with Crippen molar-refractivity contribution in [2.45, 2.75) is 45.7 Å². The Morgan fingerprint density at radius 2 is 2.31 bits per heavy atom. The SMILES string of the molecule is CCNC(C)CC(=O)N1CCC(C)C1CO. The van der Waals surface area contributed by atoms with E-state index in [1.807, 2.05) is 18.7 Å². The fourth-order valence-electron chi connectivity index (χ4n) is 2.40. The Bertz CT molecular complexity index is 233. The molecule has 0 aromatic carbocycles. The molecule has 0 aliphatic carbocycles. The van der Waals surface area contributed by atoms with Gasteiger partial charge >= 0.3 is 0 Å². The minimum Gasteiger partial charge on any atom is -0.394 e. The Hall–Kier alpha value is -0.610. The molecule has 4 heteroatoms. The van der Waals surface area contributed by atoms with Crippen LogP contribution in [0.25, 0.3) is 0 Å². The molecule has 16 heavy (non-hydrogen) atoms. The molecule has 0 aromatic rings. The van der Waals surface area contributed by atoms with E-state index in [-0.39, 0.29) is 24.6 Å². The summed E-state index contributed by atoms with van der Waals surface area (Å²) in [6.45, 7) is 7.92. The average Bonchev–Trinajstić information content (AvgIpc) is 2.59. The van der Waals surface area contributed by atoms with Gasteiger partial charge in [-0.3, -0.25) is 4.79 Å². The highest BCUT2D eigenvalue weighted by molar-refractivity contribution is 5.77. The highest BCUT2D eigenvalue weighted by Gasteiger charge is 2.33. The fraction of sp³-hybridized carbons (Fsp3) is 0.917. The zero-order valence-corrected chi connectivity index (χ0v) is 10.6. The first-order valence-electron chi connectivity index (χ1n) is 6.23. The van der Waals surface area contributed by atoms with E-state index in [1.54, 1.807) is 0 Å². The molecule has 1 aliphatic rings. The van der Waals surface area contributed by atoms with E-state index in [2.05, 4.69) is 12.2 Å². The van der Waals surface area contributed by atoms with Crippen LogP contribution in [-0.2, 0) is 4.79 Å². The second-order valence-electron chi connectivity index (χ2n) is 4.77. The Morgan fingerprint density at radius 1 is 1.62 bits per heavy atom. The summed E-state index contributed by atoms with van der Waals surface area (Å²) < 4.78 is 0. The fourth-order valence-corrected chi connectivity index (χ4v) is 2.40. The molecule has 1 heterocycles. The average molecular weight is 228 g/mol. The quantitative estimate of drug-likeness (QED) is 0.724. The first-order valence-corrected chi connectivity index (χ1v) is 6.23. The number of likely N-dealkylation sites (tertiary alicyclic amines) is 1. The summed E-state index contributed by atoms with van der Waals surface area (Å²) in [5, 5.41) is 12.5. The van der Waals surface area contributed by atoms with Gasteiger partial charge in [0.2, 0.25) is 5.91 Å². The molecule has 3 atom stereocenters. The molecule has 1 amide bonds. The molecular weight excluding hydrogens is 204 g/mol. The second-order valence-corrected chi connectivity index (χ2v) is 4.77. The van der Waals surface area contributed by atoms with Gasteiger partial charge in [-0.2, -0.15) is 0 Å². The minimum absolute atomic E-state index is 0.0290. The van der Waals surface area contributed by atoms with Gasteiger partial charge in [-0.05, 0) is 25.8 Å². The molecule has 3 unspecified atom stereocenters. The topological polar surface area (TPSA) is 52.6 Å². The largest absolute Gasteiger partial charge is 0.394 e. The number of hydrogen-bond donors (Lipinski definition) is 2. The summed E-state index contributed by atoms with van der Waals surface area (Å²) in [6, 6.07) is 0.245. The van der Waals surface area contributed by atoms with Crippen LogP contribution < -0.4 is 5.32 Å². The van der Waals surface area contributed by atoms with Crippen LogP contribution in [0.15, 0.2) is 0 Å². The van der Waals surface area contributed by atoms with Gasteiger partial charge in [0.15, 0.2) is 0 Å². The second kappa shape index (κ2) is 6.21. The molecular formula is C12H24N2O2. The van der Waals surface area contributed by atoms with E-state index in [9.17, 15) is 9.90 Å². The zero-order chi connectivity index (χ0) is 12.1. The highest BCUT2D eigenvalue weighted by atomic mass is 16.3. The predicted molar refractivity (Wildman–Crippen MR) is 64.1 cm³/mol. The van der Waals surface area contributed by atoms with E-state index in [0.29, 0.717) is 12.3 Å². The number of hydrogen-bond acceptors (Lipinski definition) is 3. The monoisotopic (exact) mass is 228 g/mol. The van der Waals surface area contributed by atoms with Gasteiger partial charge in [-0.15, -0.1) is 0 Å². The van der Waals surface area contributed by atoms with Gasteiger partial charge in [0, 0.05) is 19.0 Å². The van der Waals surface area contributed by atoms with Crippen LogP contribution in [0, 0.1) is 5.92 Å². The van der Waals surface area contributed by atoms with Gasteiger partial charge in [-0.1, -0.05) is 13.8 Å². The Labute approximate surface area is 98.0 Å². The van der Waals surface area contributed by atoms with Crippen molar-refractivity contribution in [3.63, 3.8) is 0 Å². The van der Waals surface area contributed by atoms with Gasteiger partial charge in [0.1, 0.15) is 0 Å². The lowest BCUT2D eigenvalue weighted by Gasteiger charge is -2.26. The van der Waals surface area contributed by atoms with Gasteiger partial charge in [0.25, 0.3) is 0 Å². The third-order valence-corrected chi connectivity index (χ3v) is 3.42. The lowest BCUT2D eigenvalue weighted by atomic mass is 10.0. The van der Waals surface area contributed by atoms with Crippen molar-refractivity contribution in [2.75, 3.05) is 19.7 Å². The van der Waals surface area contributed by atoms with E-state index in [1.165, 1.54) is 0 Å². The summed E-state index contributed by atoms with van der Waals surface area (Å²) in [4.78, 5) is 13.9. The molecule has 1 aliphatic heterocycles. The lowest BCUT2D eigenvalue weighted by Crippen LogP contribution is -2.42. The molecule has 1 saturated heterocycles. The summed E-state index contributed by atoms with van der Waals surface area (Å²) >= 11 is 0. The number of nitrogens with zero attached hydrogens (tertiary/aromatic N) is 1. The first-order chi connectivity index (χ1) is 7.60. The van der Waals surface area contributed by atoms with Crippen LogP contribution in [0.5, 0.6) is 0 Å². The number of amides is 1. The molecule has 2 N–H and O–H groups in total. The third kappa shape index (κ3) is 3.19. The van der Waals surface area contributed by atoms with Crippen LogP contribution in [0.2, 0.25) is 0 Å². The summed E-state index contributed by atoms with van der Waals surface area (Å²) in [5.74, 6) is 0.584. The van der Waals surface area contributed by atoms with Crippen LogP contribution >= 0.6 is 0 Å². The Kier molecular flexibility index (Phi) is 5.22. The summed E-state index contributed by atoms with van der Waals surface area (Å²) in [5.41, 5.74) is 0. The van der Waals surface area contributed by atoms with Gasteiger partial charge in [-0.25, -0.2) is 0 Å². The number of nitrogens with one attached hydrogen (secondary N) is 1. The molecule has 0 bridgehead atoms. The maximum Gasteiger partial charge on any atom is 0.224 e. The zero-order valence-electron chi connectivity index (χ0n) is 10.6. The molecule has 4 nitrogen and oxygen atoms in total. The van der Waals surface area contributed by atoms with Gasteiger partial charge < -0.3 is 15.3 Å². The summed E-state index contributed by atoms with van der Waals surface area (Å²) in [6.07, 6.45) is 1.53. The lowest BCUT2D eigenvalue weighted by molar-refractivity contribution is -0.133. The number of carbonyl (C=O) groups excluding carboxylic acids is 1. The minimum atomic E-state index is 0.0290. The Balaban J connectivity index is 2.47. The number of rotatable bonds is 5. The molecule has 1 fully saturated rings. The van der Waals surface area contributed by atoms with E-state index >= 15 is 0 Å². The number of aliphatic hydroxyl groups excluding tert-OH is 1. The molecule has 0 aromatic heterocycles. The normalized spacial score (nSPS) is 27.1. The molecule has 0 radical (unpaired) electrons. The first kappa shape index (κ1) is 13.5. The van der Waals surface area contributed by atoms with Crippen molar-refractivity contribution in [1.82, 2.24) is 10.2 Å².